The molecule has 2 aromatic rings. The first kappa shape index (κ1) is 17.1. The summed E-state index contributed by atoms with van der Waals surface area (Å²) >= 11 is 1.51. The maximum absolute atomic E-state index is 12.2. The van der Waals surface area contributed by atoms with Crippen LogP contribution in [0.1, 0.15) is 22.8 Å². The van der Waals surface area contributed by atoms with E-state index in [-0.39, 0.29) is 11.2 Å². The largest absolute Gasteiger partial charge is 0.480 e. The molecule has 0 spiro atoms. The lowest BCUT2D eigenvalue weighted by atomic mass is 10.1. The molecule has 23 heavy (non-hydrogen) atoms. The second-order valence-corrected chi connectivity index (χ2v) is 6.52. The fourth-order valence-electron chi connectivity index (χ4n) is 2.09. The van der Waals surface area contributed by atoms with Crippen molar-refractivity contribution in [3.63, 3.8) is 0 Å². The molecule has 5 heteroatoms. The molecule has 0 heterocycles. The maximum atomic E-state index is 12.2. The van der Waals surface area contributed by atoms with E-state index in [1.807, 2.05) is 43.3 Å². The summed E-state index contributed by atoms with van der Waals surface area (Å²) in [7, 11) is 0. The van der Waals surface area contributed by atoms with Crippen molar-refractivity contribution in [3.05, 3.63) is 71.8 Å². The van der Waals surface area contributed by atoms with Gasteiger partial charge in [-0.25, -0.2) is 4.79 Å². The van der Waals surface area contributed by atoms with Crippen LogP contribution in [0.15, 0.2) is 60.7 Å². The van der Waals surface area contributed by atoms with E-state index in [1.54, 1.807) is 24.3 Å². The van der Waals surface area contributed by atoms with Crippen molar-refractivity contribution in [2.75, 3.05) is 0 Å². The van der Waals surface area contributed by atoms with Gasteiger partial charge in [-0.15, -0.1) is 0 Å². The molecule has 0 unspecified atom stereocenters. The van der Waals surface area contributed by atoms with Crippen molar-refractivity contribution in [3.8, 4) is 0 Å². The molecule has 0 saturated heterocycles. The van der Waals surface area contributed by atoms with E-state index in [0.29, 0.717) is 11.3 Å². The number of rotatable bonds is 7. The average molecular weight is 329 g/mol. The fourth-order valence-corrected chi connectivity index (χ4v) is 3.12. The summed E-state index contributed by atoms with van der Waals surface area (Å²) in [4.78, 5) is 23.6. The Balaban J connectivity index is 1.97. The molecule has 0 aromatic heterocycles. The van der Waals surface area contributed by atoms with Crippen LogP contribution in [0.5, 0.6) is 0 Å². The number of hydrogen-bond acceptors (Lipinski definition) is 3. The lowest BCUT2D eigenvalue weighted by molar-refractivity contribution is -0.139. The summed E-state index contributed by atoms with van der Waals surface area (Å²) in [6.07, 6.45) is 0. The smallest absolute Gasteiger partial charge is 0.327 e. The zero-order valence-corrected chi connectivity index (χ0v) is 13.6. The maximum Gasteiger partial charge on any atom is 0.327 e. The number of carbonyl (C=O) groups excluding carboxylic acids is 1. The van der Waals surface area contributed by atoms with Crippen LogP contribution < -0.4 is 5.32 Å². The molecular formula is C18H19NO3S. The van der Waals surface area contributed by atoms with Crippen LogP contribution in [-0.2, 0) is 10.5 Å². The molecule has 0 fully saturated rings. The number of aliphatic carboxylic acids is 1. The summed E-state index contributed by atoms with van der Waals surface area (Å²) < 4.78 is 0. The molecule has 0 aliphatic carbocycles. The minimum Gasteiger partial charge on any atom is -0.480 e. The molecule has 0 aliphatic heterocycles. The molecule has 0 radical (unpaired) electrons. The van der Waals surface area contributed by atoms with Crippen LogP contribution >= 0.6 is 11.8 Å². The van der Waals surface area contributed by atoms with Crippen molar-refractivity contribution >= 4 is 23.6 Å². The van der Waals surface area contributed by atoms with Gasteiger partial charge in [0, 0.05) is 16.6 Å². The van der Waals surface area contributed by atoms with Gasteiger partial charge >= 0.3 is 5.97 Å². The highest BCUT2D eigenvalue weighted by molar-refractivity contribution is 7.99. The Morgan fingerprint density at radius 1 is 1.04 bits per heavy atom. The summed E-state index contributed by atoms with van der Waals surface area (Å²) in [6.45, 7) is 1.82. The number of carboxylic acid groups (broad SMARTS) is 1. The number of hydrogen-bond donors (Lipinski definition) is 2. The van der Waals surface area contributed by atoms with Crippen molar-refractivity contribution in [2.24, 2.45) is 0 Å². The number of benzene rings is 2. The van der Waals surface area contributed by atoms with Gasteiger partial charge in [-0.2, -0.15) is 11.8 Å². The van der Waals surface area contributed by atoms with Gasteiger partial charge < -0.3 is 10.4 Å². The summed E-state index contributed by atoms with van der Waals surface area (Å²) in [5.74, 6) is -0.694. The first-order valence-electron chi connectivity index (χ1n) is 7.32. The standard InChI is InChI=1S/C18H19NO3S/c1-13(23-12-14-8-4-2-5-9-14)16(18(21)22)19-17(20)15-10-6-3-7-11-15/h2-11,13,16H,12H2,1H3,(H,19,20)(H,21,22)/t13-,16+/m0/s1. The normalized spacial score (nSPS) is 13.1. The van der Waals surface area contributed by atoms with Crippen molar-refractivity contribution in [1.82, 2.24) is 5.32 Å². The van der Waals surface area contributed by atoms with Gasteiger partial charge in [0.1, 0.15) is 6.04 Å². The predicted molar refractivity (Wildman–Crippen MR) is 92.5 cm³/mol. The van der Waals surface area contributed by atoms with E-state index in [9.17, 15) is 14.7 Å². The van der Waals surface area contributed by atoms with Gasteiger partial charge in [0.2, 0.25) is 0 Å². The predicted octanol–water partition coefficient (Wildman–Crippen LogP) is 3.19. The molecular weight excluding hydrogens is 310 g/mol. The summed E-state index contributed by atoms with van der Waals surface area (Å²) in [5.41, 5.74) is 1.59. The van der Waals surface area contributed by atoms with Gasteiger partial charge in [0.05, 0.1) is 0 Å². The Hall–Kier alpha value is -2.27. The van der Waals surface area contributed by atoms with Gasteiger partial charge in [-0.1, -0.05) is 55.5 Å². The van der Waals surface area contributed by atoms with E-state index < -0.39 is 12.0 Å². The molecule has 0 bridgehead atoms. The molecule has 1 amide bonds. The fraction of sp³-hybridized carbons (Fsp3) is 0.222. The van der Waals surface area contributed by atoms with Gasteiger partial charge in [0.15, 0.2) is 0 Å². The molecule has 120 valence electrons. The van der Waals surface area contributed by atoms with Gasteiger partial charge in [0.25, 0.3) is 5.91 Å². The summed E-state index contributed by atoms with van der Waals surface area (Å²) in [5, 5.41) is 11.8. The first-order valence-corrected chi connectivity index (χ1v) is 8.37. The summed E-state index contributed by atoms with van der Waals surface area (Å²) in [6, 6.07) is 17.5. The molecule has 0 aliphatic rings. The van der Waals surface area contributed by atoms with Crippen LogP contribution in [0.4, 0.5) is 0 Å². The molecule has 2 aromatic carbocycles. The van der Waals surface area contributed by atoms with Gasteiger partial charge in [-0.05, 0) is 17.7 Å². The molecule has 2 atom stereocenters. The van der Waals surface area contributed by atoms with Crippen LogP contribution in [-0.4, -0.2) is 28.3 Å². The third-order valence-corrected chi connectivity index (χ3v) is 4.71. The number of nitrogens with one attached hydrogen (secondary N) is 1. The van der Waals surface area contributed by atoms with Crippen LogP contribution in [0.3, 0.4) is 0 Å². The van der Waals surface area contributed by atoms with Crippen molar-refractivity contribution in [2.45, 2.75) is 24.0 Å². The highest BCUT2D eigenvalue weighted by atomic mass is 32.2. The third-order valence-electron chi connectivity index (χ3n) is 3.41. The second-order valence-electron chi connectivity index (χ2n) is 5.16. The SMILES string of the molecule is C[C@H](SCc1ccccc1)[C@@H](NC(=O)c1ccccc1)C(=O)O. The Kier molecular flexibility index (Phi) is 6.23. The highest BCUT2D eigenvalue weighted by Gasteiger charge is 2.27. The van der Waals surface area contributed by atoms with Crippen LogP contribution in [0, 0.1) is 0 Å². The van der Waals surface area contributed by atoms with Crippen molar-refractivity contribution < 1.29 is 14.7 Å². The van der Waals surface area contributed by atoms with E-state index in [2.05, 4.69) is 5.32 Å². The van der Waals surface area contributed by atoms with Gasteiger partial charge in [-0.3, -0.25) is 4.79 Å². The lowest BCUT2D eigenvalue weighted by Gasteiger charge is -2.21. The minimum absolute atomic E-state index is 0.250. The Morgan fingerprint density at radius 2 is 1.61 bits per heavy atom. The topological polar surface area (TPSA) is 66.4 Å². The zero-order valence-electron chi connectivity index (χ0n) is 12.8. The number of amides is 1. The van der Waals surface area contributed by atoms with Crippen LogP contribution in [0.2, 0.25) is 0 Å². The molecule has 0 saturated carbocycles. The number of thioether (sulfide) groups is 1. The molecule has 2 rings (SSSR count). The molecule has 4 nitrogen and oxygen atoms in total. The number of carboxylic acids is 1. The van der Waals surface area contributed by atoms with E-state index in [4.69, 9.17) is 0 Å². The molecule has 2 N–H and O–H groups in total. The second kappa shape index (κ2) is 8.39. The Bertz CT molecular complexity index is 646. The van der Waals surface area contributed by atoms with E-state index in [0.717, 1.165) is 5.56 Å². The Morgan fingerprint density at radius 3 is 2.17 bits per heavy atom. The monoisotopic (exact) mass is 329 g/mol. The zero-order chi connectivity index (χ0) is 16.7. The first-order chi connectivity index (χ1) is 11.1. The number of carbonyl (C=O) groups is 2. The third kappa shape index (κ3) is 5.14. The lowest BCUT2D eigenvalue weighted by Crippen LogP contribution is -2.46. The average Bonchev–Trinajstić information content (AvgIpc) is 2.58. The van der Waals surface area contributed by atoms with Crippen LogP contribution in [0.25, 0.3) is 0 Å². The quantitative estimate of drug-likeness (QED) is 0.819. The highest BCUT2D eigenvalue weighted by Crippen LogP contribution is 2.20. The van der Waals surface area contributed by atoms with E-state index >= 15 is 0 Å². The van der Waals surface area contributed by atoms with E-state index in [1.165, 1.54) is 11.8 Å². The van der Waals surface area contributed by atoms with Crippen molar-refractivity contribution in [1.29, 1.82) is 0 Å². The Labute approximate surface area is 139 Å². The minimum atomic E-state index is -1.03.